The van der Waals surface area contributed by atoms with Crippen LogP contribution in [0.2, 0.25) is 0 Å². The van der Waals surface area contributed by atoms with Gasteiger partial charge in [0.25, 0.3) is 0 Å². The fourth-order valence-electron chi connectivity index (χ4n) is 2.46. The van der Waals surface area contributed by atoms with E-state index in [-0.39, 0.29) is 5.76 Å². The number of rotatable bonds is 6. The van der Waals surface area contributed by atoms with Gasteiger partial charge in [0.2, 0.25) is 5.78 Å². The maximum atomic E-state index is 12.9. The lowest BCUT2D eigenvalue weighted by Crippen LogP contribution is -2.36. The standard InChI is InChI=1S/C18H18O6/c1-11-6-8-12(9-7-11)14(16(19)13-5-4-10-24-13)15(17(20)22-2)18(21)23-3/h4-10,14-15H,1-3H3/t14-/m0/s1. The van der Waals surface area contributed by atoms with Gasteiger partial charge in [0.05, 0.1) is 26.4 Å². The second-order valence-corrected chi connectivity index (χ2v) is 5.25. The van der Waals surface area contributed by atoms with Crippen molar-refractivity contribution in [3.05, 3.63) is 59.5 Å². The average molecular weight is 330 g/mol. The highest BCUT2D eigenvalue weighted by Crippen LogP contribution is 2.31. The molecule has 0 spiro atoms. The molecule has 0 bridgehead atoms. The number of methoxy groups -OCH3 is 2. The molecule has 126 valence electrons. The fourth-order valence-corrected chi connectivity index (χ4v) is 2.46. The van der Waals surface area contributed by atoms with Crippen LogP contribution in [0.5, 0.6) is 0 Å². The van der Waals surface area contributed by atoms with Crippen molar-refractivity contribution < 1.29 is 28.3 Å². The molecule has 0 N–H and O–H groups in total. The molecular weight excluding hydrogens is 312 g/mol. The Kier molecular flexibility index (Phi) is 5.52. The number of carbonyl (C=O) groups excluding carboxylic acids is 3. The van der Waals surface area contributed by atoms with Gasteiger partial charge in [-0.3, -0.25) is 14.4 Å². The van der Waals surface area contributed by atoms with Crippen LogP contribution >= 0.6 is 0 Å². The Balaban J connectivity index is 2.55. The summed E-state index contributed by atoms with van der Waals surface area (Å²) in [5, 5.41) is 0. The summed E-state index contributed by atoms with van der Waals surface area (Å²) in [5.74, 6) is -4.64. The highest BCUT2D eigenvalue weighted by molar-refractivity contribution is 6.07. The van der Waals surface area contributed by atoms with E-state index in [1.165, 1.54) is 12.3 Å². The second kappa shape index (κ2) is 7.59. The van der Waals surface area contributed by atoms with Crippen LogP contribution in [-0.4, -0.2) is 31.9 Å². The largest absolute Gasteiger partial charge is 0.468 e. The molecule has 0 aliphatic carbocycles. The predicted molar refractivity (Wildman–Crippen MR) is 84.5 cm³/mol. The SMILES string of the molecule is COC(=O)C(C(=O)OC)[C@@H](C(=O)c1ccco1)c1ccc(C)cc1. The van der Waals surface area contributed by atoms with Gasteiger partial charge in [-0.25, -0.2) is 0 Å². The Morgan fingerprint density at radius 1 is 0.958 bits per heavy atom. The number of hydrogen-bond donors (Lipinski definition) is 0. The van der Waals surface area contributed by atoms with Crippen molar-refractivity contribution in [3.63, 3.8) is 0 Å². The first kappa shape index (κ1) is 17.5. The molecule has 0 aliphatic heterocycles. The van der Waals surface area contributed by atoms with E-state index in [0.29, 0.717) is 5.56 Å². The summed E-state index contributed by atoms with van der Waals surface area (Å²) < 4.78 is 14.6. The van der Waals surface area contributed by atoms with Crippen molar-refractivity contribution in [3.8, 4) is 0 Å². The molecule has 1 aromatic carbocycles. The zero-order valence-corrected chi connectivity index (χ0v) is 13.6. The van der Waals surface area contributed by atoms with Gasteiger partial charge in [-0.1, -0.05) is 29.8 Å². The van der Waals surface area contributed by atoms with Gasteiger partial charge in [-0.05, 0) is 24.6 Å². The van der Waals surface area contributed by atoms with E-state index in [1.807, 2.05) is 6.92 Å². The predicted octanol–water partition coefficient (Wildman–Crippen LogP) is 2.52. The molecular formula is C18H18O6. The van der Waals surface area contributed by atoms with Crippen LogP contribution in [0, 0.1) is 12.8 Å². The van der Waals surface area contributed by atoms with E-state index in [2.05, 4.69) is 0 Å². The first-order valence-corrected chi connectivity index (χ1v) is 7.29. The molecule has 6 heteroatoms. The number of hydrogen-bond acceptors (Lipinski definition) is 6. The number of carbonyl (C=O) groups is 3. The maximum Gasteiger partial charge on any atom is 0.321 e. The first-order chi connectivity index (χ1) is 11.5. The number of ether oxygens (including phenoxy) is 2. The monoisotopic (exact) mass is 330 g/mol. The van der Waals surface area contributed by atoms with Crippen molar-refractivity contribution in [2.45, 2.75) is 12.8 Å². The van der Waals surface area contributed by atoms with E-state index in [0.717, 1.165) is 19.8 Å². The number of furan rings is 1. The van der Waals surface area contributed by atoms with Gasteiger partial charge in [0, 0.05) is 0 Å². The van der Waals surface area contributed by atoms with Crippen LogP contribution in [-0.2, 0) is 19.1 Å². The third kappa shape index (κ3) is 3.53. The van der Waals surface area contributed by atoms with Crippen molar-refractivity contribution in [2.75, 3.05) is 14.2 Å². The van der Waals surface area contributed by atoms with Crippen LogP contribution < -0.4 is 0 Å². The van der Waals surface area contributed by atoms with Gasteiger partial charge in [0.15, 0.2) is 11.7 Å². The molecule has 6 nitrogen and oxygen atoms in total. The number of esters is 2. The minimum Gasteiger partial charge on any atom is -0.468 e. The highest BCUT2D eigenvalue weighted by atomic mass is 16.5. The molecule has 24 heavy (non-hydrogen) atoms. The molecule has 0 aliphatic rings. The summed E-state index contributed by atoms with van der Waals surface area (Å²) in [6.45, 7) is 1.89. The zero-order valence-electron chi connectivity index (χ0n) is 13.6. The summed E-state index contributed by atoms with van der Waals surface area (Å²) in [4.78, 5) is 37.2. The van der Waals surface area contributed by atoms with E-state index in [1.54, 1.807) is 30.3 Å². The minimum absolute atomic E-state index is 0.0541. The summed E-state index contributed by atoms with van der Waals surface area (Å²) in [5.41, 5.74) is 1.48. The lowest BCUT2D eigenvalue weighted by molar-refractivity contribution is -0.159. The molecule has 2 aromatic rings. The van der Waals surface area contributed by atoms with Gasteiger partial charge in [0.1, 0.15) is 0 Å². The zero-order chi connectivity index (χ0) is 17.7. The molecule has 0 saturated heterocycles. The van der Waals surface area contributed by atoms with E-state index >= 15 is 0 Å². The average Bonchev–Trinajstić information content (AvgIpc) is 3.13. The normalized spacial score (nSPS) is 11.8. The third-order valence-electron chi connectivity index (χ3n) is 3.73. The Bertz CT molecular complexity index is 698. The summed E-state index contributed by atoms with van der Waals surface area (Å²) >= 11 is 0. The lowest BCUT2D eigenvalue weighted by atomic mass is 9.81. The number of Topliss-reactive ketones (excluding diaryl/α,β-unsaturated/α-hetero) is 1. The van der Waals surface area contributed by atoms with Crippen LogP contribution in [0.3, 0.4) is 0 Å². The second-order valence-electron chi connectivity index (χ2n) is 5.25. The minimum atomic E-state index is -1.42. The summed E-state index contributed by atoms with van der Waals surface area (Å²) in [6.07, 6.45) is 1.35. The van der Waals surface area contributed by atoms with Gasteiger partial charge in [-0.2, -0.15) is 0 Å². The molecule has 0 amide bonds. The Morgan fingerprint density at radius 3 is 2.00 bits per heavy atom. The molecule has 1 aromatic heterocycles. The Hall–Kier alpha value is -2.89. The quantitative estimate of drug-likeness (QED) is 0.460. The number of aryl methyl sites for hydroxylation is 1. The third-order valence-corrected chi connectivity index (χ3v) is 3.73. The highest BCUT2D eigenvalue weighted by Gasteiger charge is 2.43. The van der Waals surface area contributed by atoms with Gasteiger partial charge < -0.3 is 13.9 Å². The van der Waals surface area contributed by atoms with Crippen molar-refractivity contribution in [2.24, 2.45) is 5.92 Å². The number of benzene rings is 1. The Labute approximate surface area is 139 Å². The lowest BCUT2D eigenvalue weighted by Gasteiger charge is -2.22. The molecule has 1 atom stereocenters. The molecule has 0 radical (unpaired) electrons. The maximum absolute atomic E-state index is 12.9. The van der Waals surface area contributed by atoms with Crippen molar-refractivity contribution in [1.29, 1.82) is 0 Å². The topological polar surface area (TPSA) is 82.8 Å². The molecule has 0 unspecified atom stereocenters. The van der Waals surface area contributed by atoms with Gasteiger partial charge >= 0.3 is 11.9 Å². The summed E-state index contributed by atoms with van der Waals surface area (Å²) in [7, 11) is 2.31. The fraction of sp³-hybridized carbons (Fsp3) is 0.278. The van der Waals surface area contributed by atoms with Gasteiger partial charge in [-0.15, -0.1) is 0 Å². The van der Waals surface area contributed by atoms with Crippen LogP contribution in [0.15, 0.2) is 47.1 Å². The van der Waals surface area contributed by atoms with E-state index < -0.39 is 29.6 Å². The van der Waals surface area contributed by atoms with E-state index in [4.69, 9.17) is 13.9 Å². The smallest absolute Gasteiger partial charge is 0.321 e. The van der Waals surface area contributed by atoms with Crippen LogP contribution in [0.1, 0.15) is 27.6 Å². The Morgan fingerprint density at radius 2 is 1.54 bits per heavy atom. The van der Waals surface area contributed by atoms with Crippen molar-refractivity contribution >= 4 is 17.7 Å². The van der Waals surface area contributed by atoms with Crippen LogP contribution in [0.25, 0.3) is 0 Å². The molecule has 2 rings (SSSR count). The molecule has 0 saturated carbocycles. The van der Waals surface area contributed by atoms with Crippen molar-refractivity contribution in [1.82, 2.24) is 0 Å². The summed E-state index contributed by atoms with van der Waals surface area (Å²) in [6, 6.07) is 10.0. The van der Waals surface area contributed by atoms with Crippen LogP contribution in [0.4, 0.5) is 0 Å². The molecule has 1 heterocycles. The number of ketones is 1. The first-order valence-electron chi connectivity index (χ1n) is 7.29. The van der Waals surface area contributed by atoms with E-state index in [9.17, 15) is 14.4 Å². The molecule has 0 fully saturated rings.